The van der Waals surface area contributed by atoms with E-state index in [1.165, 1.54) is 28.6 Å². The van der Waals surface area contributed by atoms with Gasteiger partial charge in [-0.1, -0.05) is 11.3 Å². The zero-order chi connectivity index (χ0) is 23.6. The third-order valence-corrected chi connectivity index (χ3v) is 7.33. The van der Waals surface area contributed by atoms with Crippen LogP contribution in [0.3, 0.4) is 0 Å². The van der Waals surface area contributed by atoms with E-state index in [1.807, 2.05) is 0 Å². The molecule has 8 nitrogen and oxygen atoms in total. The standard InChI is InChI=1S/C21H22F3N5O3S/c22-21(23,24)15-5-3-6-16(13-15)25-20(30)7-4-12-29-19-9-8-17(14-18(19)26-27-29)33(31,32)28-10-1-2-11-28/h3,5-6,8-9,13-14H,1-2,4,7,10-12H2,(H,25,30). The van der Waals surface area contributed by atoms with Gasteiger partial charge in [0.05, 0.1) is 16.0 Å². The third kappa shape index (κ3) is 5.17. The van der Waals surface area contributed by atoms with Crippen LogP contribution < -0.4 is 5.32 Å². The second kappa shape index (κ2) is 9.10. The number of anilines is 1. The Morgan fingerprint density at radius 1 is 1.09 bits per heavy atom. The Labute approximate surface area is 188 Å². The highest BCUT2D eigenvalue weighted by Gasteiger charge is 2.30. The lowest BCUT2D eigenvalue weighted by Gasteiger charge is -2.15. The van der Waals surface area contributed by atoms with Gasteiger partial charge in [0.15, 0.2) is 0 Å². The fourth-order valence-corrected chi connectivity index (χ4v) is 5.28. The fourth-order valence-electron chi connectivity index (χ4n) is 3.74. The number of hydrogen-bond acceptors (Lipinski definition) is 5. The molecule has 1 aliphatic heterocycles. The second-order valence-electron chi connectivity index (χ2n) is 7.80. The number of nitrogens with one attached hydrogen (secondary N) is 1. The third-order valence-electron chi connectivity index (χ3n) is 5.44. The molecule has 2 aromatic carbocycles. The molecule has 0 saturated carbocycles. The summed E-state index contributed by atoms with van der Waals surface area (Å²) in [7, 11) is -3.56. The molecule has 3 aromatic rings. The number of aromatic nitrogens is 3. The lowest BCUT2D eigenvalue weighted by atomic mass is 10.2. The first-order chi connectivity index (χ1) is 15.6. The minimum atomic E-state index is -4.48. The van der Waals surface area contributed by atoms with Crippen LogP contribution in [0.1, 0.15) is 31.2 Å². The van der Waals surface area contributed by atoms with Crippen LogP contribution in [0.15, 0.2) is 47.4 Å². The van der Waals surface area contributed by atoms with Crippen molar-refractivity contribution in [3.8, 4) is 0 Å². The van der Waals surface area contributed by atoms with Crippen LogP contribution in [0, 0.1) is 0 Å². The van der Waals surface area contributed by atoms with Gasteiger partial charge in [0.2, 0.25) is 15.9 Å². The summed E-state index contributed by atoms with van der Waals surface area (Å²) < 4.78 is 66.9. The summed E-state index contributed by atoms with van der Waals surface area (Å²) in [5, 5.41) is 10.5. The van der Waals surface area contributed by atoms with Crippen LogP contribution in [0.25, 0.3) is 11.0 Å². The number of benzene rings is 2. The van der Waals surface area contributed by atoms with Gasteiger partial charge in [0.1, 0.15) is 5.52 Å². The van der Waals surface area contributed by atoms with Crippen molar-refractivity contribution >= 4 is 32.7 Å². The SMILES string of the molecule is O=C(CCCn1nnc2cc(S(=O)(=O)N3CCCC3)ccc21)Nc1cccc(C(F)(F)F)c1. The molecule has 176 valence electrons. The molecule has 1 saturated heterocycles. The van der Waals surface area contributed by atoms with Gasteiger partial charge in [-0.3, -0.25) is 4.79 Å². The summed E-state index contributed by atoms with van der Waals surface area (Å²) in [5.74, 6) is -0.419. The van der Waals surface area contributed by atoms with Gasteiger partial charge in [0, 0.05) is 31.7 Å². The Kier molecular flexibility index (Phi) is 6.39. The number of sulfonamides is 1. The topological polar surface area (TPSA) is 97.2 Å². The summed E-state index contributed by atoms with van der Waals surface area (Å²) in [4.78, 5) is 12.3. The highest BCUT2D eigenvalue weighted by molar-refractivity contribution is 7.89. The number of carbonyl (C=O) groups is 1. The van der Waals surface area contributed by atoms with Crippen LogP contribution in [-0.4, -0.2) is 46.7 Å². The highest BCUT2D eigenvalue weighted by atomic mass is 32.2. The summed E-state index contributed by atoms with van der Waals surface area (Å²) in [6, 6.07) is 9.11. The average Bonchev–Trinajstić information content (AvgIpc) is 3.44. The Hall–Kier alpha value is -2.99. The summed E-state index contributed by atoms with van der Waals surface area (Å²) in [5.41, 5.74) is 0.311. The largest absolute Gasteiger partial charge is 0.416 e. The van der Waals surface area contributed by atoms with E-state index in [-0.39, 0.29) is 17.0 Å². The van der Waals surface area contributed by atoms with Crippen molar-refractivity contribution in [3.63, 3.8) is 0 Å². The van der Waals surface area contributed by atoms with E-state index in [1.54, 1.807) is 10.7 Å². The van der Waals surface area contributed by atoms with Crippen LogP contribution in [0.4, 0.5) is 18.9 Å². The van der Waals surface area contributed by atoms with Gasteiger partial charge >= 0.3 is 6.18 Å². The van der Waals surface area contributed by atoms with Crippen molar-refractivity contribution in [1.82, 2.24) is 19.3 Å². The summed E-state index contributed by atoms with van der Waals surface area (Å²) in [6.07, 6.45) is -2.35. The van der Waals surface area contributed by atoms with Gasteiger partial charge in [-0.05, 0) is 55.7 Å². The van der Waals surface area contributed by atoms with Crippen molar-refractivity contribution in [2.45, 2.75) is 43.3 Å². The first kappa shape index (κ1) is 23.2. The highest BCUT2D eigenvalue weighted by Crippen LogP contribution is 2.30. The van der Waals surface area contributed by atoms with Crippen LogP contribution in [0.5, 0.6) is 0 Å². The van der Waals surface area contributed by atoms with E-state index in [4.69, 9.17) is 0 Å². The predicted molar refractivity (Wildman–Crippen MR) is 115 cm³/mol. The van der Waals surface area contributed by atoms with Crippen molar-refractivity contribution in [2.24, 2.45) is 0 Å². The molecular weight excluding hydrogens is 459 g/mol. The molecule has 1 N–H and O–H groups in total. The number of hydrogen-bond donors (Lipinski definition) is 1. The Bertz CT molecular complexity index is 1270. The number of rotatable bonds is 7. The van der Waals surface area contributed by atoms with Crippen LogP contribution in [0.2, 0.25) is 0 Å². The van der Waals surface area contributed by atoms with Crippen molar-refractivity contribution in [3.05, 3.63) is 48.0 Å². The molecule has 0 spiro atoms. The molecule has 1 amide bonds. The summed E-state index contributed by atoms with van der Waals surface area (Å²) in [6.45, 7) is 1.36. The molecule has 1 aliphatic rings. The molecule has 0 bridgehead atoms. The number of halogens is 3. The summed E-state index contributed by atoms with van der Waals surface area (Å²) >= 11 is 0. The maximum atomic E-state index is 12.8. The van der Waals surface area contributed by atoms with Gasteiger partial charge in [-0.15, -0.1) is 5.10 Å². The van der Waals surface area contributed by atoms with E-state index in [9.17, 15) is 26.4 Å². The molecule has 0 aliphatic carbocycles. The van der Waals surface area contributed by atoms with E-state index >= 15 is 0 Å². The Morgan fingerprint density at radius 2 is 1.85 bits per heavy atom. The number of alkyl halides is 3. The van der Waals surface area contributed by atoms with Gasteiger partial charge < -0.3 is 5.32 Å². The average molecular weight is 482 g/mol. The van der Waals surface area contributed by atoms with Gasteiger partial charge in [-0.25, -0.2) is 13.1 Å². The minimum Gasteiger partial charge on any atom is -0.326 e. The molecular formula is C21H22F3N5O3S. The smallest absolute Gasteiger partial charge is 0.326 e. The molecule has 1 fully saturated rings. The first-order valence-electron chi connectivity index (χ1n) is 10.4. The molecule has 0 radical (unpaired) electrons. The van der Waals surface area contributed by atoms with E-state index in [0.29, 0.717) is 37.1 Å². The van der Waals surface area contributed by atoms with Crippen LogP contribution >= 0.6 is 0 Å². The van der Waals surface area contributed by atoms with E-state index in [0.717, 1.165) is 25.0 Å². The number of nitrogens with zero attached hydrogens (tertiary/aromatic N) is 4. The Morgan fingerprint density at radius 3 is 2.58 bits per heavy atom. The Balaban J connectivity index is 1.36. The fraction of sp³-hybridized carbons (Fsp3) is 0.381. The van der Waals surface area contributed by atoms with Crippen molar-refractivity contribution in [1.29, 1.82) is 0 Å². The van der Waals surface area contributed by atoms with E-state index < -0.39 is 27.7 Å². The van der Waals surface area contributed by atoms with E-state index in [2.05, 4.69) is 15.6 Å². The zero-order valence-electron chi connectivity index (χ0n) is 17.5. The molecule has 0 unspecified atom stereocenters. The lowest BCUT2D eigenvalue weighted by molar-refractivity contribution is -0.137. The first-order valence-corrected chi connectivity index (χ1v) is 11.9. The number of aryl methyl sites for hydroxylation is 1. The number of carbonyl (C=O) groups excluding carboxylic acids is 1. The number of fused-ring (bicyclic) bond motifs is 1. The quantitative estimate of drug-likeness (QED) is 0.556. The molecule has 1 aromatic heterocycles. The normalized spacial score (nSPS) is 15.2. The minimum absolute atomic E-state index is 0.0685. The monoisotopic (exact) mass is 481 g/mol. The molecule has 0 atom stereocenters. The lowest BCUT2D eigenvalue weighted by Crippen LogP contribution is -2.27. The maximum Gasteiger partial charge on any atom is 0.416 e. The number of amides is 1. The van der Waals surface area contributed by atoms with Crippen molar-refractivity contribution in [2.75, 3.05) is 18.4 Å². The molecule has 4 rings (SSSR count). The second-order valence-corrected chi connectivity index (χ2v) is 9.74. The molecule has 33 heavy (non-hydrogen) atoms. The van der Waals surface area contributed by atoms with Crippen LogP contribution in [-0.2, 0) is 27.5 Å². The van der Waals surface area contributed by atoms with Gasteiger partial charge in [-0.2, -0.15) is 17.5 Å². The maximum absolute atomic E-state index is 12.8. The molecule has 12 heteroatoms. The van der Waals surface area contributed by atoms with Gasteiger partial charge in [0.25, 0.3) is 0 Å². The predicted octanol–water partition coefficient (Wildman–Crippen LogP) is 3.65. The molecule has 2 heterocycles. The zero-order valence-corrected chi connectivity index (χ0v) is 18.4. The van der Waals surface area contributed by atoms with Crippen molar-refractivity contribution < 1.29 is 26.4 Å².